The van der Waals surface area contributed by atoms with Gasteiger partial charge in [0.15, 0.2) is 5.78 Å². The van der Waals surface area contributed by atoms with Crippen LogP contribution in [0, 0.1) is 0 Å². The van der Waals surface area contributed by atoms with Gasteiger partial charge >= 0.3 is 0 Å². The highest BCUT2D eigenvalue weighted by Crippen LogP contribution is 2.23. The first kappa shape index (κ1) is 19.8. The Bertz CT molecular complexity index is 551. The molecule has 0 amide bonds. The highest BCUT2D eigenvalue weighted by molar-refractivity contribution is 6.02. The maximum atomic E-state index is 12.9. The lowest BCUT2D eigenvalue weighted by Crippen LogP contribution is -2.54. The van der Waals surface area contributed by atoms with Crippen molar-refractivity contribution in [1.82, 2.24) is 9.80 Å². The number of rotatable bonds is 8. The van der Waals surface area contributed by atoms with E-state index in [0.29, 0.717) is 31.1 Å². The van der Waals surface area contributed by atoms with Crippen LogP contribution in [0.4, 0.5) is 0 Å². The van der Waals surface area contributed by atoms with Crippen molar-refractivity contribution in [3.05, 3.63) is 29.8 Å². The second-order valence-electron chi connectivity index (χ2n) is 7.24. The molecule has 6 heteroatoms. The number of ketones is 1. The molecule has 140 valence electrons. The fraction of sp³-hybridized carbons (Fsp3) is 0.632. The molecule has 0 bridgehead atoms. The van der Waals surface area contributed by atoms with Gasteiger partial charge in [-0.1, -0.05) is 0 Å². The Morgan fingerprint density at radius 2 is 1.88 bits per heavy atom. The van der Waals surface area contributed by atoms with E-state index in [0.717, 1.165) is 13.1 Å². The Balaban J connectivity index is 1.95. The molecular formula is C19H30N2O4. The minimum absolute atomic E-state index is 0.0913. The van der Waals surface area contributed by atoms with Gasteiger partial charge in [-0.15, -0.1) is 0 Å². The number of hydrogen-bond acceptors (Lipinski definition) is 6. The van der Waals surface area contributed by atoms with Crippen LogP contribution in [0.2, 0.25) is 0 Å². The summed E-state index contributed by atoms with van der Waals surface area (Å²) < 4.78 is 11.0. The van der Waals surface area contributed by atoms with Gasteiger partial charge < -0.3 is 19.5 Å². The molecular weight excluding hydrogens is 320 g/mol. The van der Waals surface area contributed by atoms with Crippen molar-refractivity contribution in [2.24, 2.45) is 0 Å². The van der Waals surface area contributed by atoms with Crippen molar-refractivity contribution in [1.29, 1.82) is 0 Å². The first-order valence-corrected chi connectivity index (χ1v) is 8.74. The van der Waals surface area contributed by atoms with Crippen molar-refractivity contribution >= 4 is 5.78 Å². The van der Waals surface area contributed by atoms with Crippen LogP contribution in [0.5, 0.6) is 5.75 Å². The SMILES string of the molecule is CN(C)CC(O)COc1ccc(C(=O)C(C)(C)N2CCOCC2)cc1. The Morgan fingerprint density at radius 3 is 2.44 bits per heavy atom. The molecule has 0 spiro atoms. The lowest BCUT2D eigenvalue weighted by atomic mass is 9.91. The fourth-order valence-corrected chi connectivity index (χ4v) is 2.99. The smallest absolute Gasteiger partial charge is 0.182 e. The molecule has 1 heterocycles. The van der Waals surface area contributed by atoms with Gasteiger partial charge in [0, 0.05) is 25.2 Å². The molecule has 6 nitrogen and oxygen atoms in total. The number of aliphatic hydroxyl groups excluding tert-OH is 1. The lowest BCUT2D eigenvalue weighted by molar-refractivity contribution is -0.00430. The van der Waals surface area contributed by atoms with E-state index in [1.165, 1.54) is 0 Å². The fourth-order valence-electron chi connectivity index (χ4n) is 2.99. The molecule has 25 heavy (non-hydrogen) atoms. The molecule has 0 aromatic heterocycles. The molecule has 0 saturated carbocycles. The molecule has 0 aliphatic carbocycles. The number of carbonyl (C=O) groups excluding carboxylic acids is 1. The molecule has 1 aliphatic rings. The third-order valence-corrected chi connectivity index (χ3v) is 4.49. The average Bonchev–Trinajstić information content (AvgIpc) is 2.60. The first-order chi connectivity index (χ1) is 11.8. The molecule has 1 fully saturated rings. The average molecular weight is 350 g/mol. The van der Waals surface area contributed by atoms with E-state index in [2.05, 4.69) is 4.90 Å². The van der Waals surface area contributed by atoms with E-state index in [1.807, 2.05) is 32.8 Å². The van der Waals surface area contributed by atoms with Crippen LogP contribution in [-0.2, 0) is 4.74 Å². The standard InChI is InChI=1S/C19H30N2O4/c1-19(2,21-9-11-24-12-10-21)18(23)15-5-7-17(8-6-15)25-14-16(22)13-20(3)4/h5-8,16,22H,9-14H2,1-4H3. The predicted molar refractivity (Wildman–Crippen MR) is 97.3 cm³/mol. The summed E-state index contributed by atoms with van der Waals surface area (Å²) in [6, 6.07) is 7.15. The zero-order valence-electron chi connectivity index (χ0n) is 15.7. The molecule has 1 aromatic carbocycles. The molecule has 1 aromatic rings. The normalized spacial score (nSPS) is 17.5. The van der Waals surface area contributed by atoms with E-state index in [9.17, 15) is 9.90 Å². The third-order valence-electron chi connectivity index (χ3n) is 4.49. The van der Waals surface area contributed by atoms with E-state index in [4.69, 9.17) is 9.47 Å². The minimum atomic E-state index is -0.561. The Morgan fingerprint density at radius 1 is 1.28 bits per heavy atom. The number of Topliss-reactive ketones (excluding diaryl/α,β-unsaturated/α-hetero) is 1. The van der Waals surface area contributed by atoms with Crippen LogP contribution < -0.4 is 4.74 Å². The summed E-state index contributed by atoms with van der Waals surface area (Å²) in [4.78, 5) is 17.0. The van der Waals surface area contributed by atoms with Crippen molar-refractivity contribution in [2.75, 3.05) is 53.6 Å². The monoisotopic (exact) mass is 350 g/mol. The van der Waals surface area contributed by atoms with Crippen molar-refractivity contribution < 1.29 is 19.4 Å². The van der Waals surface area contributed by atoms with Gasteiger partial charge in [0.05, 0.1) is 18.8 Å². The molecule has 1 atom stereocenters. The molecule has 1 unspecified atom stereocenters. The van der Waals surface area contributed by atoms with Crippen LogP contribution in [0.3, 0.4) is 0 Å². The summed E-state index contributed by atoms with van der Waals surface area (Å²) in [5.41, 5.74) is 0.103. The van der Waals surface area contributed by atoms with Crippen molar-refractivity contribution in [3.8, 4) is 5.75 Å². The number of aliphatic hydroxyl groups is 1. The Labute approximate surface area is 150 Å². The molecule has 2 rings (SSSR count). The number of ether oxygens (including phenoxy) is 2. The second kappa shape index (κ2) is 8.76. The quantitative estimate of drug-likeness (QED) is 0.713. The van der Waals surface area contributed by atoms with E-state index < -0.39 is 11.6 Å². The highest BCUT2D eigenvalue weighted by Gasteiger charge is 2.35. The van der Waals surface area contributed by atoms with Gasteiger partial charge in [0.2, 0.25) is 0 Å². The van der Waals surface area contributed by atoms with Gasteiger partial charge in [0.1, 0.15) is 18.5 Å². The number of carbonyl (C=O) groups is 1. The first-order valence-electron chi connectivity index (χ1n) is 8.74. The third kappa shape index (κ3) is 5.51. The predicted octanol–water partition coefficient (Wildman–Crippen LogP) is 1.28. The molecule has 1 N–H and O–H groups in total. The summed E-state index contributed by atoms with van der Waals surface area (Å²) >= 11 is 0. The van der Waals surface area contributed by atoms with Crippen LogP contribution in [0.25, 0.3) is 0 Å². The maximum absolute atomic E-state index is 12.9. The van der Waals surface area contributed by atoms with Gasteiger partial charge in [-0.2, -0.15) is 0 Å². The summed E-state index contributed by atoms with van der Waals surface area (Å²) in [6.07, 6.45) is -0.545. The number of nitrogens with zero attached hydrogens (tertiary/aromatic N) is 2. The van der Waals surface area contributed by atoms with Gasteiger partial charge in [-0.05, 0) is 52.2 Å². The van der Waals surface area contributed by atoms with Crippen molar-refractivity contribution in [3.63, 3.8) is 0 Å². The van der Waals surface area contributed by atoms with E-state index in [1.54, 1.807) is 24.3 Å². The zero-order chi connectivity index (χ0) is 18.4. The summed E-state index contributed by atoms with van der Waals surface area (Å²) in [6.45, 7) is 7.56. The van der Waals surface area contributed by atoms with Gasteiger partial charge in [-0.25, -0.2) is 0 Å². The number of morpholine rings is 1. The topological polar surface area (TPSA) is 62.2 Å². The van der Waals surface area contributed by atoms with E-state index >= 15 is 0 Å². The van der Waals surface area contributed by atoms with Gasteiger partial charge in [-0.3, -0.25) is 9.69 Å². The molecule has 0 radical (unpaired) electrons. The Hall–Kier alpha value is -1.47. The molecule has 1 aliphatic heterocycles. The number of benzene rings is 1. The van der Waals surface area contributed by atoms with Crippen LogP contribution in [0.15, 0.2) is 24.3 Å². The minimum Gasteiger partial charge on any atom is -0.491 e. The summed E-state index contributed by atoms with van der Waals surface area (Å²) in [5, 5.41) is 9.84. The van der Waals surface area contributed by atoms with Gasteiger partial charge in [0.25, 0.3) is 0 Å². The maximum Gasteiger partial charge on any atom is 0.182 e. The largest absolute Gasteiger partial charge is 0.491 e. The zero-order valence-corrected chi connectivity index (χ0v) is 15.7. The summed E-state index contributed by atoms with van der Waals surface area (Å²) in [5.74, 6) is 0.743. The van der Waals surface area contributed by atoms with E-state index in [-0.39, 0.29) is 12.4 Å². The van der Waals surface area contributed by atoms with Crippen LogP contribution >= 0.6 is 0 Å². The van der Waals surface area contributed by atoms with Crippen LogP contribution in [0.1, 0.15) is 24.2 Å². The Kier molecular flexibility index (Phi) is 6.95. The summed E-state index contributed by atoms with van der Waals surface area (Å²) in [7, 11) is 3.81. The number of likely N-dealkylation sites (N-methyl/N-ethyl adjacent to an activating group) is 1. The second-order valence-corrected chi connectivity index (χ2v) is 7.24. The van der Waals surface area contributed by atoms with Crippen LogP contribution in [-0.4, -0.2) is 85.9 Å². The highest BCUT2D eigenvalue weighted by atomic mass is 16.5. The molecule has 1 saturated heterocycles. The van der Waals surface area contributed by atoms with Crippen molar-refractivity contribution in [2.45, 2.75) is 25.5 Å². The lowest BCUT2D eigenvalue weighted by Gasteiger charge is -2.39. The number of hydrogen-bond donors (Lipinski definition) is 1.